The Morgan fingerprint density at radius 3 is 2.35 bits per heavy atom. The molecule has 4 heteroatoms. The van der Waals surface area contributed by atoms with Gasteiger partial charge < -0.3 is 0 Å². The van der Waals surface area contributed by atoms with Crippen molar-refractivity contribution < 1.29 is 0 Å². The van der Waals surface area contributed by atoms with E-state index in [1.807, 2.05) is 66.9 Å². The van der Waals surface area contributed by atoms with Crippen LogP contribution >= 0.6 is 11.6 Å². The fourth-order valence-corrected chi connectivity index (χ4v) is 2.67. The fraction of sp³-hybridized carbons (Fsp3) is 0.158. The van der Waals surface area contributed by atoms with Crippen molar-refractivity contribution in [3.05, 3.63) is 71.3 Å². The summed E-state index contributed by atoms with van der Waals surface area (Å²) in [6, 6.07) is 19.7. The summed E-state index contributed by atoms with van der Waals surface area (Å²) in [6.07, 6.45) is 4.69. The van der Waals surface area contributed by atoms with Gasteiger partial charge >= 0.3 is 0 Å². The van der Waals surface area contributed by atoms with Crippen LogP contribution < -0.4 is 5.43 Å². The molecule has 1 aliphatic carbocycles. The van der Waals surface area contributed by atoms with Gasteiger partial charge in [0, 0.05) is 6.21 Å². The Kier molecular flexibility index (Phi) is 5.22. The lowest BCUT2D eigenvalue weighted by Crippen LogP contribution is -2.11. The third-order valence-corrected chi connectivity index (χ3v) is 4.08. The van der Waals surface area contributed by atoms with E-state index in [1.54, 1.807) is 0 Å². The van der Waals surface area contributed by atoms with E-state index in [2.05, 4.69) is 15.5 Å². The zero-order chi connectivity index (χ0) is 15.9. The van der Waals surface area contributed by atoms with Crippen LogP contribution in [0.5, 0.6) is 0 Å². The lowest BCUT2D eigenvalue weighted by atomic mass is 9.98. The molecule has 0 unspecified atom stereocenters. The highest BCUT2D eigenvalue weighted by atomic mass is 35.5. The maximum absolute atomic E-state index is 6.50. The number of hydrogen-bond acceptors (Lipinski definition) is 3. The van der Waals surface area contributed by atoms with Crippen LogP contribution in [0.15, 0.2) is 81.4 Å². The molecule has 0 atom stereocenters. The van der Waals surface area contributed by atoms with Crippen LogP contribution in [-0.4, -0.2) is 11.9 Å². The molecule has 0 fully saturated rings. The quantitative estimate of drug-likeness (QED) is 0.582. The van der Waals surface area contributed by atoms with Crippen LogP contribution in [0.2, 0.25) is 0 Å². The number of allylic oxidation sites excluding steroid dienone is 2. The predicted octanol–water partition coefficient (Wildman–Crippen LogP) is 5.53. The number of nitrogens with one attached hydrogen (secondary N) is 1. The monoisotopic (exact) mass is 323 g/mol. The maximum Gasteiger partial charge on any atom is 0.0796 e. The highest BCUT2D eigenvalue weighted by Gasteiger charge is 2.16. The number of para-hydroxylation sites is 2. The molecule has 0 bridgehead atoms. The third-order valence-electron chi connectivity index (χ3n) is 3.61. The fourth-order valence-electron chi connectivity index (χ4n) is 2.39. The van der Waals surface area contributed by atoms with Gasteiger partial charge in [-0.1, -0.05) is 48.0 Å². The minimum absolute atomic E-state index is 0.708. The average molecular weight is 324 g/mol. The number of hydrogen-bond donors (Lipinski definition) is 1. The number of halogens is 1. The lowest BCUT2D eigenvalue weighted by Gasteiger charge is -2.15. The number of rotatable bonds is 4. The molecular weight excluding hydrogens is 306 g/mol. The molecular formula is C19H18ClN3. The molecule has 2 aromatic rings. The van der Waals surface area contributed by atoms with Gasteiger partial charge in [0.15, 0.2) is 0 Å². The molecule has 1 aliphatic rings. The summed E-state index contributed by atoms with van der Waals surface area (Å²) in [6.45, 7) is 0. The first kappa shape index (κ1) is 15.5. The van der Waals surface area contributed by atoms with Gasteiger partial charge in [0.25, 0.3) is 0 Å². The van der Waals surface area contributed by atoms with Crippen LogP contribution in [0.25, 0.3) is 0 Å². The first-order valence-electron chi connectivity index (χ1n) is 7.69. The van der Waals surface area contributed by atoms with Gasteiger partial charge in [-0.3, -0.25) is 10.4 Å². The molecule has 0 saturated carbocycles. The van der Waals surface area contributed by atoms with Gasteiger partial charge in [0.1, 0.15) is 0 Å². The molecule has 0 saturated heterocycles. The van der Waals surface area contributed by atoms with Crippen molar-refractivity contribution in [2.75, 3.05) is 5.43 Å². The van der Waals surface area contributed by atoms with E-state index in [9.17, 15) is 0 Å². The summed E-state index contributed by atoms with van der Waals surface area (Å²) in [5, 5.41) is 5.16. The average Bonchev–Trinajstić information content (AvgIpc) is 2.61. The smallest absolute Gasteiger partial charge is 0.0796 e. The van der Waals surface area contributed by atoms with E-state index in [0.29, 0.717) is 5.03 Å². The van der Waals surface area contributed by atoms with Gasteiger partial charge in [-0.15, -0.1) is 0 Å². The number of aliphatic imine (C=N–C) groups is 1. The van der Waals surface area contributed by atoms with Gasteiger partial charge in [-0.25, -0.2) is 0 Å². The Balaban J connectivity index is 1.76. The SMILES string of the molecule is ClC1=C(C=Nc2ccccc2)CCC/C1=N\Nc1ccccc1. The Labute approximate surface area is 141 Å². The van der Waals surface area contributed by atoms with Crippen molar-refractivity contribution in [1.29, 1.82) is 0 Å². The Bertz CT molecular complexity index is 734. The standard InChI is InChI=1S/C19H18ClN3/c20-19-15(14-21-16-9-3-1-4-10-16)8-7-13-18(19)23-22-17-11-5-2-6-12-17/h1-6,9-12,14,22H,7-8,13H2/b21-14?,23-18+. The summed E-state index contributed by atoms with van der Waals surface area (Å²) in [4.78, 5) is 4.49. The van der Waals surface area contributed by atoms with Gasteiger partial charge in [-0.05, 0) is 49.1 Å². The first-order valence-corrected chi connectivity index (χ1v) is 8.06. The van der Waals surface area contributed by atoms with Crippen molar-refractivity contribution in [3.8, 4) is 0 Å². The van der Waals surface area contributed by atoms with Crippen LogP contribution in [0.3, 0.4) is 0 Å². The van der Waals surface area contributed by atoms with Crippen molar-refractivity contribution >= 4 is 34.9 Å². The largest absolute Gasteiger partial charge is 0.278 e. The number of anilines is 1. The second-order valence-electron chi connectivity index (χ2n) is 5.32. The van der Waals surface area contributed by atoms with Gasteiger partial charge in [-0.2, -0.15) is 5.10 Å². The highest BCUT2D eigenvalue weighted by Crippen LogP contribution is 2.25. The van der Waals surface area contributed by atoms with Crippen LogP contribution in [0.4, 0.5) is 11.4 Å². The predicted molar refractivity (Wildman–Crippen MR) is 98.8 cm³/mol. The van der Waals surface area contributed by atoms with E-state index < -0.39 is 0 Å². The summed E-state index contributed by atoms with van der Waals surface area (Å²) >= 11 is 6.50. The molecule has 3 nitrogen and oxygen atoms in total. The molecule has 0 spiro atoms. The second-order valence-corrected chi connectivity index (χ2v) is 5.70. The van der Waals surface area contributed by atoms with Crippen LogP contribution in [-0.2, 0) is 0 Å². The van der Waals surface area contributed by atoms with Crippen molar-refractivity contribution in [1.82, 2.24) is 0 Å². The number of benzene rings is 2. The van der Waals surface area contributed by atoms with Gasteiger partial charge in [0.2, 0.25) is 0 Å². The summed E-state index contributed by atoms with van der Waals surface area (Å²) < 4.78 is 0. The Morgan fingerprint density at radius 1 is 0.913 bits per heavy atom. The van der Waals surface area contributed by atoms with E-state index in [0.717, 1.165) is 41.9 Å². The summed E-state index contributed by atoms with van der Waals surface area (Å²) in [5.74, 6) is 0. The van der Waals surface area contributed by atoms with E-state index in [4.69, 9.17) is 11.6 Å². The first-order chi connectivity index (χ1) is 11.3. The molecule has 0 heterocycles. The van der Waals surface area contributed by atoms with E-state index in [1.165, 1.54) is 0 Å². The minimum atomic E-state index is 0.708. The minimum Gasteiger partial charge on any atom is -0.278 e. The topological polar surface area (TPSA) is 36.8 Å². The molecule has 2 aromatic carbocycles. The number of nitrogens with zero attached hydrogens (tertiary/aromatic N) is 2. The van der Waals surface area contributed by atoms with E-state index in [-0.39, 0.29) is 0 Å². The van der Waals surface area contributed by atoms with Crippen molar-refractivity contribution in [2.45, 2.75) is 19.3 Å². The molecule has 3 rings (SSSR count). The van der Waals surface area contributed by atoms with Crippen LogP contribution in [0.1, 0.15) is 19.3 Å². The molecule has 0 amide bonds. The Morgan fingerprint density at radius 2 is 1.61 bits per heavy atom. The molecule has 116 valence electrons. The Hall–Kier alpha value is -2.39. The van der Waals surface area contributed by atoms with E-state index >= 15 is 0 Å². The van der Waals surface area contributed by atoms with Crippen molar-refractivity contribution in [3.63, 3.8) is 0 Å². The molecule has 0 aromatic heterocycles. The summed E-state index contributed by atoms with van der Waals surface area (Å²) in [7, 11) is 0. The zero-order valence-electron chi connectivity index (χ0n) is 12.7. The normalized spacial score (nSPS) is 17.0. The second kappa shape index (κ2) is 7.75. The third kappa shape index (κ3) is 4.30. The van der Waals surface area contributed by atoms with Gasteiger partial charge in [0.05, 0.1) is 22.1 Å². The summed E-state index contributed by atoms with van der Waals surface area (Å²) in [5.41, 5.74) is 6.87. The molecule has 1 N–H and O–H groups in total. The molecule has 0 aliphatic heterocycles. The van der Waals surface area contributed by atoms with Crippen molar-refractivity contribution in [2.24, 2.45) is 10.1 Å². The number of hydrazone groups is 1. The lowest BCUT2D eigenvalue weighted by molar-refractivity contribution is 0.857. The maximum atomic E-state index is 6.50. The highest BCUT2D eigenvalue weighted by molar-refractivity contribution is 6.45. The van der Waals surface area contributed by atoms with Crippen LogP contribution in [0, 0.1) is 0 Å². The molecule has 23 heavy (non-hydrogen) atoms. The zero-order valence-corrected chi connectivity index (χ0v) is 13.5. The molecule has 0 radical (unpaired) electrons.